The zero-order chi connectivity index (χ0) is 13.9. The molecule has 0 radical (unpaired) electrons. The predicted molar refractivity (Wildman–Crippen MR) is 71.4 cm³/mol. The Morgan fingerprint density at radius 1 is 0.947 bits per heavy atom. The van der Waals surface area contributed by atoms with Crippen molar-refractivity contribution in [3.05, 3.63) is 54.3 Å². The molecule has 0 saturated heterocycles. The summed E-state index contributed by atoms with van der Waals surface area (Å²) in [7, 11) is -3.29. The molecule has 2 rings (SSSR count). The Kier molecular flexibility index (Phi) is 3.71. The van der Waals surface area contributed by atoms with E-state index in [1.165, 1.54) is 24.3 Å². The smallest absolute Gasteiger partial charge is 0.229 e. The summed E-state index contributed by atoms with van der Waals surface area (Å²) < 4.78 is 42.6. The second-order valence-corrected chi connectivity index (χ2v) is 5.70. The van der Waals surface area contributed by atoms with Gasteiger partial charge in [0.2, 0.25) is 10.0 Å². The summed E-state index contributed by atoms with van der Waals surface area (Å²) in [6.45, 7) is 0. The van der Waals surface area contributed by atoms with Gasteiger partial charge in [-0.3, -0.25) is 4.72 Å². The van der Waals surface area contributed by atoms with Crippen molar-refractivity contribution in [1.82, 2.24) is 0 Å². The van der Waals surface area contributed by atoms with Crippen molar-refractivity contribution in [2.24, 2.45) is 0 Å². The normalized spacial score (nSPS) is 11.1. The molecule has 6 heteroatoms. The number of hydrogen-bond donors (Lipinski definition) is 1. The maximum atomic E-state index is 12.7. The molecule has 0 aromatic heterocycles. The SMILES string of the molecule is CS(=O)(=O)Nc1ccc(Oc2ccc(F)cc2)cc1. The van der Waals surface area contributed by atoms with Crippen LogP contribution in [0.4, 0.5) is 10.1 Å². The number of ether oxygens (including phenoxy) is 1. The van der Waals surface area contributed by atoms with Crippen LogP contribution in [-0.4, -0.2) is 14.7 Å². The van der Waals surface area contributed by atoms with E-state index < -0.39 is 10.0 Å². The minimum atomic E-state index is -3.29. The minimum Gasteiger partial charge on any atom is -0.457 e. The molecule has 0 saturated carbocycles. The van der Waals surface area contributed by atoms with Crippen molar-refractivity contribution in [3.63, 3.8) is 0 Å². The fourth-order valence-electron chi connectivity index (χ4n) is 1.44. The lowest BCUT2D eigenvalue weighted by atomic mass is 10.3. The molecule has 0 aliphatic carbocycles. The number of halogens is 1. The quantitative estimate of drug-likeness (QED) is 0.937. The maximum Gasteiger partial charge on any atom is 0.229 e. The zero-order valence-corrected chi connectivity index (χ0v) is 10.9. The molecule has 0 atom stereocenters. The summed E-state index contributed by atoms with van der Waals surface area (Å²) in [6, 6.07) is 12.0. The van der Waals surface area contributed by atoms with Gasteiger partial charge in [-0.15, -0.1) is 0 Å². The highest BCUT2D eigenvalue weighted by Crippen LogP contribution is 2.23. The summed E-state index contributed by atoms with van der Waals surface area (Å²) in [4.78, 5) is 0. The third-order valence-electron chi connectivity index (χ3n) is 2.21. The Hall–Kier alpha value is -2.08. The lowest BCUT2D eigenvalue weighted by molar-refractivity contribution is 0.480. The standard InChI is InChI=1S/C13H12FNO3S/c1-19(16,17)15-11-4-8-13(9-5-11)18-12-6-2-10(14)3-7-12/h2-9,15H,1H3. The van der Waals surface area contributed by atoms with E-state index >= 15 is 0 Å². The van der Waals surface area contributed by atoms with Crippen molar-refractivity contribution >= 4 is 15.7 Å². The molecule has 0 fully saturated rings. The lowest BCUT2D eigenvalue weighted by Gasteiger charge is -2.07. The number of sulfonamides is 1. The van der Waals surface area contributed by atoms with Crippen LogP contribution in [0.2, 0.25) is 0 Å². The molecule has 4 nitrogen and oxygen atoms in total. The predicted octanol–water partition coefficient (Wildman–Crippen LogP) is 2.99. The fraction of sp³-hybridized carbons (Fsp3) is 0.0769. The van der Waals surface area contributed by atoms with Crippen molar-refractivity contribution < 1.29 is 17.5 Å². The molecule has 0 unspecified atom stereocenters. The monoisotopic (exact) mass is 281 g/mol. The lowest BCUT2D eigenvalue weighted by Crippen LogP contribution is -2.09. The number of rotatable bonds is 4. The van der Waals surface area contributed by atoms with Gasteiger partial charge >= 0.3 is 0 Å². The van der Waals surface area contributed by atoms with Crippen molar-refractivity contribution in [3.8, 4) is 11.5 Å². The van der Waals surface area contributed by atoms with Gasteiger partial charge in [0, 0.05) is 5.69 Å². The maximum absolute atomic E-state index is 12.7. The van der Waals surface area contributed by atoms with Crippen LogP contribution in [0.3, 0.4) is 0 Å². The van der Waals surface area contributed by atoms with E-state index in [9.17, 15) is 12.8 Å². The van der Waals surface area contributed by atoms with E-state index in [-0.39, 0.29) is 5.82 Å². The first-order chi connectivity index (χ1) is 8.92. The summed E-state index contributed by atoms with van der Waals surface area (Å²) in [5, 5.41) is 0. The third kappa shape index (κ3) is 4.26. The molecule has 2 aromatic rings. The third-order valence-corrected chi connectivity index (χ3v) is 2.81. The van der Waals surface area contributed by atoms with Gasteiger partial charge in [0.1, 0.15) is 17.3 Å². The first kappa shape index (κ1) is 13.4. The molecule has 0 bridgehead atoms. The van der Waals surface area contributed by atoms with Crippen LogP contribution in [0.1, 0.15) is 0 Å². The number of nitrogens with one attached hydrogen (secondary N) is 1. The van der Waals surface area contributed by atoms with Crippen LogP contribution >= 0.6 is 0 Å². The van der Waals surface area contributed by atoms with Crippen LogP contribution in [0, 0.1) is 5.82 Å². The van der Waals surface area contributed by atoms with Crippen molar-refractivity contribution in [2.45, 2.75) is 0 Å². The number of anilines is 1. The molecule has 0 heterocycles. The Balaban J connectivity index is 2.08. The van der Waals surface area contributed by atoms with Gasteiger partial charge in [0.05, 0.1) is 6.26 Å². The first-order valence-corrected chi connectivity index (χ1v) is 7.33. The van der Waals surface area contributed by atoms with Gasteiger partial charge in [-0.2, -0.15) is 0 Å². The van der Waals surface area contributed by atoms with E-state index in [0.717, 1.165) is 6.26 Å². The van der Waals surface area contributed by atoms with E-state index in [1.54, 1.807) is 24.3 Å². The van der Waals surface area contributed by atoms with Gasteiger partial charge in [0.15, 0.2) is 0 Å². The summed E-state index contributed by atoms with van der Waals surface area (Å²) in [5.41, 5.74) is 0.453. The molecular formula is C13H12FNO3S. The summed E-state index contributed by atoms with van der Waals surface area (Å²) in [5.74, 6) is 0.705. The van der Waals surface area contributed by atoms with Crippen LogP contribution in [0.25, 0.3) is 0 Å². The Morgan fingerprint density at radius 2 is 1.42 bits per heavy atom. The Labute approximate surface area is 110 Å². The molecule has 0 aliphatic rings. The molecule has 0 amide bonds. The largest absolute Gasteiger partial charge is 0.457 e. The van der Waals surface area contributed by atoms with Crippen LogP contribution in [0.15, 0.2) is 48.5 Å². The highest BCUT2D eigenvalue weighted by atomic mass is 32.2. The van der Waals surface area contributed by atoms with Crippen molar-refractivity contribution in [1.29, 1.82) is 0 Å². The summed E-state index contributed by atoms with van der Waals surface area (Å²) in [6.07, 6.45) is 1.08. The van der Waals surface area contributed by atoms with E-state index in [4.69, 9.17) is 4.74 Å². The summed E-state index contributed by atoms with van der Waals surface area (Å²) >= 11 is 0. The Bertz CT molecular complexity index is 651. The van der Waals surface area contributed by atoms with Crippen LogP contribution in [0.5, 0.6) is 11.5 Å². The molecular weight excluding hydrogens is 269 g/mol. The highest BCUT2D eigenvalue weighted by Gasteiger charge is 2.02. The molecule has 0 spiro atoms. The molecule has 1 N–H and O–H groups in total. The minimum absolute atomic E-state index is 0.333. The van der Waals surface area contributed by atoms with Crippen molar-refractivity contribution in [2.75, 3.05) is 11.0 Å². The number of benzene rings is 2. The molecule has 19 heavy (non-hydrogen) atoms. The van der Waals surface area contributed by atoms with Gasteiger partial charge in [-0.25, -0.2) is 12.8 Å². The van der Waals surface area contributed by atoms with Gasteiger partial charge in [0.25, 0.3) is 0 Å². The van der Waals surface area contributed by atoms with Gasteiger partial charge in [-0.1, -0.05) is 0 Å². The average molecular weight is 281 g/mol. The van der Waals surface area contributed by atoms with E-state index in [2.05, 4.69) is 4.72 Å². The van der Waals surface area contributed by atoms with Gasteiger partial charge in [-0.05, 0) is 48.5 Å². The second kappa shape index (κ2) is 5.27. The first-order valence-electron chi connectivity index (χ1n) is 5.44. The molecule has 100 valence electrons. The molecule has 2 aromatic carbocycles. The molecule has 0 aliphatic heterocycles. The topological polar surface area (TPSA) is 55.4 Å². The average Bonchev–Trinajstić information content (AvgIpc) is 2.33. The second-order valence-electron chi connectivity index (χ2n) is 3.95. The Morgan fingerprint density at radius 3 is 1.89 bits per heavy atom. The zero-order valence-electron chi connectivity index (χ0n) is 10.1. The van der Waals surface area contributed by atoms with Gasteiger partial charge < -0.3 is 4.74 Å². The van der Waals surface area contributed by atoms with Crippen LogP contribution in [-0.2, 0) is 10.0 Å². The number of hydrogen-bond acceptors (Lipinski definition) is 3. The van der Waals surface area contributed by atoms with E-state index in [0.29, 0.717) is 17.2 Å². The highest BCUT2D eigenvalue weighted by molar-refractivity contribution is 7.92. The fourth-order valence-corrected chi connectivity index (χ4v) is 2.01. The van der Waals surface area contributed by atoms with Crippen LogP contribution < -0.4 is 9.46 Å². The van der Waals surface area contributed by atoms with E-state index in [1.807, 2.05) is 0 Å².